The van der Waals surface area contributed by atoms with E-state index in [4.69, 9.17) is 9.47 Å². The number of ketones is 1. The van der Waals surface area contributed by atoms with Crippen LogP contribution in [0.1, 0.15) is 60.8 Å². The molecule has 1 unspecified atom stereocenters. The second-order valence-electron chi connectivity index (χ2n) is 11.8. The predicted octanol–water partition coefficient (Wildman–Crippen LogP) is 3.85. The highest BCUT2D eigenvalue weighted by Gasteiger charge is 2.87. The maximum Gasteiger partial charge on any atom is 0.331 e. The second kappa shape index (κ2) is 9.66. The Morgan fingerprint density at radius 2 is 1.89 bits per heavy atom. The Balaban J connectivity index is 1.81. The minimum Gasteiger partial charge on any atom is -0.455 e. The van der Waals surface area contributed by atoms with E-state index >= 15 is 0 Å². The van der Waals surface area contributed by atoms with Gasteiger partial charge >= 0.3 is 11.9 Å². The molecule has 2 saturated carbocycles. The smallest absolute Gasteiger partial charge is 0.331 e. The first kappa shape index (κ1) is 27.5. The van der Waals surface area contributed by atoms with Crippen LogP contribution in [0.3, 0.4) is 0 Å². The molecule has 4 rings (SSSR count). The quantitative estimate of drug-likeness (QED) is 0.231. The third kappa shape index (κ3) is 4.06. The van der Waals surface area contributed by atoms with Crippen molar-refractivity contribution in [2.24, 2.45) is 35.0 Å². The SMILES string of the molecule is CCC/C=C/C=C\C(=O)O[C@@H]1[C@@H](C)[C@]2(O)[C@@H]3C=C(C)C(=O)C3CC(CO)=C[C@H]2[C@@H]2C(C)(C)[C@]12OC(C)=O. The molecular weight excluding hydrogens is 472 g/mol. The monoisotopic (exact) mass is 512 g/mol. The summed E-state index contributed by atoms with van der Waals surface area (Å²) in [6, 6.07) is 0. The Morgan fingerprint density at radius 1 is 1.19 bits per heavy atom. The highest BCUT2D eigenvalue weighted by Crippen LogP contribution is 2.76. The summed E-state index contributed by atoms with van der Waals surface area (Å²) in [6.45, 7) is 10.7. The van der Waals surface area contributed by atoms with Crippen molar-refractivity contribution < 1.29 is 34.1 Å². The maximum absolute atomic E-state index is 13.1. The van der Waals surface area contributed by atoms with E-state index in [2.05, 4.69) is 6.92 Å². The van der Waals surface area contributed by atoms with Crippen molar-refractivity contribution in [1.82, 2.24) is 0 Å². The molecule has 0 aromatic heterocycles. The van der Waals surface area contributed by atoms with Gasteiger partial charge in [0.25, 0.3) is 0 Å². The number of allylic oxidation sites excluding steroid dienone is 4. The van der Waals surface area contributed by atoms with Crippen LogP contribution in [0.2, 0.25) is 0 Å². The van der Waals surface area contributed by atoms with E-state index in [1.54, 1.807) is 19.1 Å². The van der Waals surface area contributed by atoms with E-state index in [-0.39, 0.29) is 18.3 Å². The van der Waals surface area contributed by atoms with Crippen molar-refractivity contribution in [1.29, 1.82) is 0 Å². The van der Waals surface area contributed by atoms with Gasteiger partial charge < -0.3 is 19.7 Å². The molecule has 0 spiro atoms. The largest absolute Gasteiger partial charge is 0.455 e. The minimum absolute atomic E-state index is 0.0344. The molecular formula is C30H40O7. The van der Waals surface area contributed by atoms with Crippen LogP contribution < -0.4 is 0 Å². The number of aliphatic hydroxyl groups excluding tert-OH is 1. The molecule has 0 aromatic carbocycles. The number of carbonyl (C=O) groups is 3. The molecule has 37 heavy (non-hydrogen) atoms. The lowest BCUT2D eigenvalue weighted by atomic mass is 9.60. The third-order valence-corrected chi connectivity index (χ3v) is 9.38. The van der Waals surface area contributed by atoms with Crippen molar-refractivity contribution in [2.45, 2.75) is 78.1 Å². The van der Waals surface area contributed by atoms with Gasteiger partial charge in [0.2, 0.25) is 0 Å². The average molecular weight is 513 g/mol. The van der Waals surface area contributed by atoms with Gasteiger partial charge in [-0.2, -0.15) is 0 Å². The average Bonchev–Trinajstić information content (AvgIpc) is 3.22. The van der Waals surface area contributed by atoms with Gasteiger partial charge in [0, 0.05) is 48.0 Å². The lowest BCUT2D eigenvalue weighted by molar-refractivity contribution is -0.217. The molecule has 2 fully saturated rings. The third-order valence-electron chi connectivity index (χ3n) is 9.38. The van der Waals surface area contributed by atoms with Crippen molar-refractivity contribution >= 4 is 17.7 Å². The summed E-state index contributed by atoms with van der Waals surface area (Å²) in [6.07, 6.45) is 11.8. The number of carbonyl (C=O) groups excluding carboxylic acids is 3. The van der Waals surface area contributed by atoms with E-state index in [1.165, 1.54) is 13.0 Å². The molecule has 4 aliphatic rings. The van der Waals surface area contributed by atoms with Gasteiger partial charge in [0.15, 0.2) is 11.4 Å². The van der Waals surface area contributed by atoms with Gasteiger partial charge in [-0.25, -0.2) is 4.79 Å². The topological polar surface area (TPSA) is 110 Å². The van der Waals surface area contributed by atoms with Crippen molar-refractivity contribution in [3.63, 3.8) is 0 Å². The first-order valence-electron chi connectivity index (χ1n) is 13.4. The summed E-state index contributed by atoms with van der Waals surface area (Å²) < 4.78 is 12.1. The first-order valence-corrected chi connectivity index (χ1v) is 13.4. The molecule has 8 atom stereocenters. The van der Waals surface area contributed by atoms with E-state index in [9.17, 15) is 24.6 Å². The summed E-state index contributed by atoms with van der Waals surface area (Å²) in [5.74, 6) is -3.67. The lowest BCUT2D eigenvalue weighted by Gasteiger charge is -2.52. The van der Waals surface area contributed by atoms with Crippen molar-refractivity contribution in [3.8, 4) is 0 Å². The fourth-order valence-corrected chi connectivity index (χ4v) is 7.64. The standard InChI is InChI=1S/C30H40O7/c1-7-8-9-10-11-12-24(33)36-27-18(3)29(35)22-13-17(2)25(34)21(22)14-20(16-31)15-23(29)26-28(5,6)30(26,27)37-19(4)32/h9-13,15,18,21-23,26-27,31,35H,7-8,14,16H2,1-6H3/b10-9+,12-11-/t18-,21?,22-,23+,26-,27-,29+,30-/m1/s1. The Labute approximate surface area is 219 Å². The van der Waals surface area contributed by atoms with Crippen LogP contribution in [0.5, 0.6) is 0 Å². The van der Waals surface area contributed by atoms with Crippen LogP contribution in [-0.4, -0.2) is 51.8 Å². The number of hydrogen-bond donors (Lipinski definition) is 2. The number of fused-ring (bicyclic) bond motifs is 5. The Bertz CT molecular complexity index is 1100. The number of rotatable bonds is 7. The summed E-state index contributed by atoms with van der Waals surface area (Å²) in [5, 5.41) is 22.7. The minimum atomic E-state index is -1.45. The molecule has 2 N–H and O–H groups in total. The highest BCUT2D eigenvalue weighted by molar-refractivity contribution is 6.00. The van der Waals surface area contributed by atoms with Gasteiger partial charge in [-0.15, -0.1) is 0 Å². The zero-order chi connectivity index (χ0) is 27.3. The number of hydrogen-bond acceptors (Lipinski definition) is 7. The number of unbranched alkanes of at least 4 members (excludes halogenated alkanes) is 1. The second-order valence-corrected chi connectivity index (χ2v) is 11.8. The van der Waals surface area contributed by atoms with Gasteiger partial charge in [-0.3, -0.25) is 9.59 Å². The maximum atomic E-state index is 13.1. The summed E-state index contributed by atoms with van der Waals surface area (Å²) in [7, 11) is 0. The van der Waals surface area contributed by atoms with Crippen molar-refractivity contribution in [2.75, 3.05) is 6.61 Å². The molecule has 0 radical (unpaired) electrons. The summed E-state index contributed by atoms with van der Waals surface area (Å²) >= 11 is 0. The van der Waals surface area contributed by atoms with E-state index in [0.29, 0.717) is 17.6 Å². The van der Waals surface area contributed by atoms with Crippen LogP contribution in [0.15, 0.2) is 47.6 Å². The molecule has 4 aliphatic carbocycles. The van der Waals surface area contributed by atoms with E-state index in [0.717, 1.165) is 12.8 Å². The predicted molar refractivity (Wildman–Crippen MR) is 138 cm³/mol. The van der Waals surface area contributed by atoms with Gasteiger partial charge in [-0.05, 0) is 30.9 Å². The normalized spacial score (nSPS) is 39.8. The van der Waals surface area contributed by atoms with Gasteiger partial charge in [0.1, 0.15) is 6.10 Å². The van der Waals surface area contributed by atoms with Gasteiger partial charge in [0.05, 0.1) is 12.2 Å². The molecule has 0 amide bonds. The number of Topliss-reactive ketones (excluding diaryl/α,β-unsaturated/α-hetero) is 1. The first-order chi connectivity index (χ1) is 17.4. The molecule has 0 aromatic rings. The fourth-order valence-electron chi connectivity index (χ4n) is 7.64. The van der Waals surface area contributed by atoms with E-state index in [1.807, 2.05) is 39.0 Å². The molecule has 0 saturated heterocycles. The van der Waals surface area contributed by atoms with Crippen LogP contribution in [0.25, 0.3) is 0 Å². The Hall–Kier alpha value is -2.51. The fraction of sp³-hybridized carbons (Fsp3) is 0.633. The van der Waals surface area contributed by atoms with E-state index < -0.39 is 58.3 Å². The number of esters is 2. The molecule has 202 valence electrons. The van der Waals surface area contributed by atoms with Crippen molar-refractivity contribution in [3.05, 3.63) is 47.6 Å². The van der Waals surface area contributed by atoms with Gasteiger partial charge in [-0.1, -0.05) is 64.5 Å². The molecule has 0 aliphatic heterocycles. The number of aliphatic hydroxyl groups is 2. The van der Waals surface area contributed by atoms with Crippen LogP contribution in [0.4, 0.5) is 0 Å². The molecule has 7 heteroatoms. The summed E-state index contributed by atoms with van der Waals surface area (Å²) in [5.41, 5.74) is -1.94. The Kier molecular flexibility index (Phi) is 7.19. The molecule has 0 heterocycles. The zero-order valence-corrected chi connectivity index (χ0v) is 22.7. The van der Waals surface area contributed by atoms with Crippen LogP contribution >= 0.6 is 0 Å². The van der Waals surface area contributed by atoms with Crippen LogP contribution in [0, 0.1) is 35.0 Å². The van der Waals surface area contributed by atoms with Crippen LogP contribution in [-0.2, 0) is 23.9 Å². The Morgan fingerprint density at radius 3 is 2.51 bits per heavy atom. The zero-order valence-electron chi connectivity index (χ0n) is 22.7. The highest BCUT2D eigenvalue weighted by atomic mass is 16.6. The molecule has 0 bridgehead atoms. The lowest BCUT2D eigenvalue weighted by Crippen LogP contribution is -2.63. The summed E-state index contributed by atoms with van der Waals surface area (Å²) in [4.78, 5) is 38.5. The number of ether oxygens (including phenoxy) is 2. The molecule has 7 nitrogen and oxygen atoms in total.